The maximum Gasteiger partial charge on any atom is 0.335 e. The highest BCUT2D eigenvalue weighted by atomic mass is 35.5. The predicted octanol–water partition coefficient (Wildman–Crippen LogP) is 4.53. The molecule has 7 heteroatoms. The van der Waals surface area contributed by atoms with Gasteiger partial charge < -0.3 is 5.11 Å². The monoisotopic (exact) mass is 429 g/mol. The summed E-state index contributed by atoms with van der Waals surface area (Å²) in [7, 11) is -3.78. The van der Waals surface area contributed by atoms with E-state index in [1.807, 2.05) is 48.5 Å². The normalized spacial score (nSPS) is 11.4. The van der Waals surface area contributed by atoms with Gasteiger partial charge in [-0.2, -0.15) is 0 Å². The molecule has 0 amide bonds. The van der Waals surface area contributed by atoms with E-state index in [9.17, 15) is 18.3 Å². The van der Waals surface area contributed by atoms with Crippen LogP contribution in [0.25, 0.3) is 11.1 Å². The second-order valence-electron chi connectivity index (χ2n) is 6.63. The van der Waals surface area contributed by atoms with Gasteiger partial charge in [-0.25, -0.2) is 17.9 Å². The summed E-state index contributed by atoms with van der Waals surface area (Å²) >= 11 is 5.91. The molecule has 0 heterocycles. The summed E-state index contributed by atoms with van der Waals surface area (Å²) in [5.41, 5.74) is 3.57. The molecule has 29 heavy (non-hydrogen) atoms. The molecule has 0 radical (unpaired) electrons. The van der Waals surface area contributed by atoms with E-state index < -0.39 is 16.0 Å². The fraction of sp³-hybridized carbons (Fsp3) is 0.136. The molecule has 3 aromatic rings. The molecule has 0 saturated heterocycles. The Bertz CT molecular complexity index is 1120. The topological polar surface area (TPSA) is 83.5 Å². The maximum atomic E-state index is 12.5. The number of halogens is 1. The summed E-state index contributed by atoms with van der Waals surface area (Å²) in [4.78, 5) is 11.2. The Balaban J connectivity index is 1.64. The Kier molecular flexibility index (Phi) is 6.37. The molecule has 0 spiro atoms. The molecule has 5 nitrogen and oxygen atoms in total. The standard InChI is InChI=1S/C22H20ClNO4S/c1-15-2-11-20(14-21(15)22(25)26)29(27,28)24-13-12-16-3-5-17(6-4-16)18-7-9-19(23)10-8-18/h2-11,14,24H,12-13H2,1H3,(H,25,26). The molecule has 0 aliphatic heterocycles. The molecule has 0 atom stereocenters. The van der Waals surface area contributed by atoms with Crippen LogP contribution in [-0.2, 0) is 16.4 Å². The van der Waals surface area contributed by atoms with Gasteiger partial charge in [0.1, 0.15) is 0 Å². The van der Waals surface area contributed by atoms with Gasteiger partial charge in [-0.3, -0.25) is 0 Å². The molecule has 0 aliphatic carbocycles. The van der Waals surface area contributed by atoms with Crippen molar-refractivity contribution < 1.29 is 18.3 Å². The summed E-state index contributed by atoms with van der Waals surface area (Å²) in [5, 5.41) is 9.86. The number of hydrogen-bond acceptors (Lipinski definition) is 3. The second-order valence-corrected chi connectivity index (χ2v) is 8.84. The molecule has 150 valence electrons. The largest absolute Gasteiger partial charge is 0.478 e. The van der Waals surface area contributed by atoms with E-state index in [0.29, 0.717) is 17.0 Å². The van der Waals surface area contributed by atoms with Gasteiger partial charge >= 0.3 is 5.97 Å². The highest BCUT2D eigenvalue weighted by Crippen LogP contribution is 2.22. The highest BCUT2D eigenvalue weighted by Gasteiger charge is 2.17. The first-order valence-electron chi connectivity index (χ1n) is 8.95. The van der Waals surface area contributed by atoms with Gasteiger partial charge in [0.15, 0.2) is 0 Å². The molecule has 0 aliphatic rings. The van der Waals surface area contributed by atoms with Crippen LogP contribution in [0.2, 0.25) is 5.02 Å². The number of benzene rings is 3. The van der Waals surface area contributed by atoms with Crippen LogP contribution in [0.4, 0.5) is 0 Å². The zero-order valence-corrected chi connectivity index (χ0v) is 17.3. The van der Waals surface area contributed by atoms with Gasteiger partial charge in [0.2, 0.25) is 10.0 Å². The SMILES string of the molecule is Cc1ccc(S(=O)(=O)NCCc2ccc(-c3ccc(Cl)cc3)cc2)cc1C(=O)O. The molecule has 0 aromatic heterocycles. The van der Waals surface area contributed by atoms with Gasteiger partial charge in [-0.1, -0.05) is 54.1 Å². The summed E-state index contributed by atoms with van der Waals surface area (Å²) in [6.45, 7) is 1.83. The third kappa shape index (κ3) is 5.23. The van der Waals surface area contributed by atoms with Crippen molar-refractivity contribution >= 4 is 27.6 Å². The fourth-order valence-electron chi connectivity index (χ4n) is 2.92. The van der Waals surface area contributed by atoms with E-state index in [1.54, 1.807) is 6.92 Å². The summed E-state index contributed by atoms with van der Waals surface area (Å²) in [6.07, 6.45) is 0.512. The first-order chi connectivity index (χ1) is 13.8. The molecular formula is C22H20ClNO4S. The van der Waals surface area contributed by atoms with Crippen LogP contribution in [0.5, 0.6) is 0 Å². The van der Waals surface area contributed by atoms with Crippen molar-refractivity contribution in [2.24, 2.45) is 0 Å². The average molecular weight is 430 g/mol. The number of rotatable bonds is 7. The second kappa shape index (κ2) is 8.78. The zero-order chi connectivity index (χ0) is 21.0. The first kappa shape index (κ1) is 21.0. The van der Waals surface area contributed by atoms with Gasteiger partial charge in [0.25, 0.3) is 0 Å². The maximum absolute atomic E-state index is 12.5. The van der Waals surface area contributed by atoms with E-state index in [1.165, 1.54) is 18.2 Å². The van der Waals surface area contributed by atoms with Crippen molar-refractivity contribution in [3.8, 4) is 11.1 Å². The fourth-order valence-corrected chi connectivity index (χ4v) is 4.10. The molecule has 3 aromatic carbocycles. The van der Waals surface area contributed by atoms with Crippen molar-refractivity contribution in [1.29, 1.82) is 0 Å². The van der Waals surface area contributed by atoms with Crippen LogP contribution in [0, 0.1) is 6.92 Å². The summed E-state index contributed by atoms with van der Waals surface area (Å²) in [6, 6.07) is 19.5. The highest BCUT2D eigenvalue weighted by molar-refractivity contribution is 7.89. The minimum Gasteiger partial charge on any atom is -0.478 e. The molecule has 2 N–H and O–H groups in total. The van der Waals surface area contributed by atoms with Gasteiger partial charge in [0.05, 0.1) is 10.5 Å². The number of aromatic carboxylic acids is 1. The third-order valence-electron chi connectivity index (χ3n) is 4.59. The lowest BCUT2D eigenvalue weighted by atomic mass is 10.0. The molecule has 0 unspecified atom stereocenters. The van der Waals surface area contributed by atoms with Crippen LogP contribution in [-0.4, -0.2) is 26.0 Å². The smallest absolute Gasteiger partial charge is 0.335 e. The van der Waals surface area contributed by atoms with E-state index in [0.717, 1.165) is 16.7 Å². The first-order valence-corrected chi connectivity index (χ1v) is 10.8. The van der Waals surface area contributed by atoms with Crippen molar-refractivity contribution in [2.45, 2.75) is 18.2 Å². The van der Waals surface area contributed by atoms with Crippen molar-refractivity contribution in [3.05, 3.63) is 88.4 Å². The van der Waals surface area contributed by atoms with Crippen molar-refractivity contribution in [2.75, 3.05) is 6.54 Å². The molecule has 3 rings (SSSR count). The number of carboxylic acid groups (broad SMARTS) is 1. The molecular weight excluding hydrogens is 410 g/mol. The van der Waals surface area contributed by atoms with Gasteiger partial charge in [-0.15, -0.1) is 0 Å². The molecule has 0 bridgehead atoms. The van der Waals surface area contributed by atoms with Gasteiger partial charge in [-0.05, 0) is 59.9 Å². The van der Waals surface area contributed by atoms with Crippen LogP contribution in [0.15, 0.2) is 71.6 Å². The van der Waals surface area contributed by atoms with Crippen LogP contribution in [0.1, 0.15) is 21.5 Å². The number of nitrogens with one attached hydrogen (secondary N) is 1. The van der Waals surface area contributed by atoms with Crippen molar-refractivity contribution in [3.63, 3.8) is 0 Å². The minimum absolute atomic E-state index is 0.0225. The number of carboxylic acids is 1. The number of aryl methyl sites for hydroxylation is 1. The van der Waals surface area contributed by atoms with E-state index in [2.05, 4.69) is 4.72 Å². The third-order valence-corrected chi connectivity index (χ3v) is 6.30. The molecule has 0 fully saturated rings. The lowest BCUT2D eigenvalue weighted by molar-refractivity contribution is 0.0696. The van der Waals surface area contributed by atoms with Crippen LogP contribution in [0.3, 0.4) is 0 Å². The number of carbonyl (C=O) groups is 1. The summed E-state index contributed by atoms with van der Waals surface area (Å²) in [5.74, 6) is -1.15. The Morgan fingerprint density at radius 3 is 2.14 bits per heavy atom. The summed E-state index contributed by atoms with van der Waals surface area (Å²) < 4.78 is 27.4. The van der Waals surface area contributed by atoms with Crippen molar-refractivity contribution in [1.82, 2.24) is 4.72 Å². The lowest BCUT2D eigenvalue weighted by Crippen LogP contribution is -2.26. The Morgan fingerprint density at radius 1 is 0.966 bits per heavy atom. The van der Waals surface area contributed by atoms with Gasteiger partial charge in [0, 0.05) is 11.6 Å². The predicted molar refractivity (Wildman–Crippen MR) is 114 cm³/mol. The Hall–Kier alpha value is -2.67. The lowest BCUT2D eigenvalue weighted by Gasteiger charge is -2.09. The number of hydrogen-bond donors (Lipinski definition) is 2. The van der Waals surface area contributed by atoms with E-state index in [-0.39, 0.29) is 17.0 Å². The minimum atomic E-state index is -3.78. The quantitative estimate of drug-likeness (QED) is 0.577. The van der Waals surface area contributed by atoms with E-state index >= 15 is 0 Å². The van der Waals surface area contributed by atoms with Crippen LogP contribution >= 0.6 is 11.6 Å². The van der Waals surface area contributed by atoms with Crippen LogP contribution < -0.4 is 4.72 Å². The van der Waals surface area contributed by atoms with E-state index in [4.69, 9.17) is 11.6 Å². The average Bonchev–Trinajstić information content (AvgIpc) is 2.69. The Labute approximate surface area is 175 Å². The zero-order valence-electron chi connectivity index (χ0n) is 15.7. The number of sulfonamides is 1. The molecule has 0 saturated carbocycles. The Morgan fingerprint density at radius 2 is 1.55 bits per heavy atom.